The fraction of sp³-hybridized carbons (Fsp3) is 0.696. The quantitative estimate of drug-likeness (QED) is 0.380. The van der Waals surface area contributed by atoms with Crippen LogP contribution in [-0.2, 0) is 0 Å². The van der Waals surface area contributed by atoms with E-state index in [4.69, 9.17) is 4.99 Å². The predicted octanol–water partition coefficient (Wildman–Crippen LogP) is 4.59. The SMILES string of the molecule is CC1CCCCC1NC(=NCCCN1CCCCC1C)Nc1cccc(O)c1. The summed E-state index contributed by atoms with van der Waals surface area (Å²) in [4.78, 5) is 7.48. The zero-order valence-corrected chi connectivity index (χ0v) is 17.7. The normalized spacial score (nSPS) is 26.8. The Morgan fingerprint density at radius 2 is 1.96 bits per heavy atom. The number of guanidine groups is 1. The van der Waals surface area contributed by atoms with Crippen LogP contribution in [0.4, 0.5) is 5.69 Å². The van der Waals surface area contributed by atoms with Gasteiger partial charge in [-0.1, -0.05) is 32.3 Å². The lowest BCUT2D eigenvalue weighted by molar-refractivity contribution is 0.160. The first-order chi connectivity index (χ1) is 13.6. The Bertz CT molecular complexity index is 633. The molecule has 156 valence electrons. The van der Waals surface area contributed by atoms with Crippen molar-refractivity contribution >= 4 is 11.6 Å². The molecule has 1 saturated carbocycles. The van der Waals surface area contributed by atoms with Crippen molar-refractivity contribution in [2.75, 3.05) is 25.0 Å². The maximum atomic E-state index is 9.77. The maximum Gasteiger partial charge on any atom is 0.196 e. The molecule has 0 spiro atoms. The van der Waals surface area contributed by atoms with Gasteiger partial charge >= 0.3 is 0 Å². The molecule has 0 radical (unpaired) electrons. The number of likely N-dealkylation sites (tertiary alicyclic amines) is 1. The molecule has 3 N–H and O–H groups in total. The van der Waals surface area contributed by atoms with Gasteiger partial charge in [0, 0.05) is 36.9 Å². The summed E-state index contributed by atoms with van der Waals surface area (Å²) in [5, 5.41) is 16.8. The van der Waals surface area contributed by atoms with E-state index in [-0.39, 0.29) is 5.75 Å². The summed E-state index contributed by atoms with van der Waals surface area (Å²) in [5.41, 5.74) is 0.874. The van der Waals surface area contributed by atoms with Crippen molar-refractivity contribution < 1.29 is 5.11 Å². The molecule has 1 saturated heterocycles. The van der Waals surface area contributed by atoms with Gasteiger partial charge in [-0.2, -0.15) is 0 Å². The van der Waals surface area contributed by atoms with Crippen LogP contribution in [0, 0.1) is 5.92 Å². The van der Waals surface area contributed by atoms with Crippen LogP contribution in [0.25, 0.3) is 0 Å². The molecular formula is C23H38N4O. The Morgan fingerprint density at radius 3 is 2.75 bits per heavy atom. The van der Waals surface area contributed by atoms with Crippen LogP contribution in [0.1, 0.15) is 65.2 Å². The van der Waals surface area contributed by atoms with E-state index in [0.717, 1.165) is 31.2 Å². The number of nitrogens with one attached hydrogen (secondary N) is 2. The number of phenols is 1. The number of anilines is 1. The molecule has 3 rings (SSSR count). The number of benzene rings is 1. The van der Waals surface area contributed by atoms with Gasteiger partial charge in [0.2, 0.25) is 0 Å². The highest BCUT2D eigenvalue weighted by Gasteiger charge is 2.22. The highest BCUT2D eigenvalue weighted by molar-refractivity contribution is 5.94. The molecule has 2 aliphatic rings. The van der Waals surface area contributed by atoms with E-state index in [0.29, 0.717) is 18.0 Å². The third-order valence-corrected chi connectivity index (χ3v) is 6.36. The second-order valence-corrected chi connectivity index (χ2v) is 8.65. The van der Waals surface area contributed by atoms with Gasteiger partial charge < -0.3 is 20.6 Å². The maximum absolute atomic E-state index is 9.77. The molecular weight excluding hydrogens is 348 g/mol. The van der Waals surface area contributed by atoms with E-state index in [1.807, 2.05) is 12.1 Å². The fourth-order valence-corrected chi connectivity index (χ4v) is 4.50. The van der Waals surface area contributed by atoms with Crippen LogP contribution >= 0.6 is 0 Å². The molecule has 1 heterocycles. The summed E-state index contributed by atoms with van der Waals surface area (Å²) < 4.78 is 0. The summed E-state index contributed by atoms with van der Waals surface area (Å²) in [7, 11) is 0. The Hall–Kier alpha value is -1.75. The van der Waals surface area contributed by atoms with Crippen LogP contribution in [0.3, 0.4) is 0 Å². The molecule has 2 fully saturated rings. The molecule has 28 heavy (non-hydrogen) atoms. The Morgan fingerprint density at radius 1 is 1.14 bits per heavy atom. The molecule has 3 atom stereocenters. The Balaban J connectivity index is 1.58. The van der Waals surface area contributed by atoms with E-state index >= 15 is 0 Å². The van der Waals surface area contributed by atoms with E-state index in [1.54, 1.807) is 12.1 Å². The summed E-state index contributed by atoms with van der Waals surface area (Å²) in [6.45, 7) is 7.86. The number of hydrogen-bond donors (Lipinski definition) is 3. The first-order valence-electron chi connectivity index (χ1n) is 11.2. The van der Waals surface area contributed by atoms with Crippen molar-refractivity contribution in [2.45, 2.75) is 77.3 Å². The average Bonchev–Trinajstić information content (AvgIpc) is 2.68. The van der Waals surface area contributed by atoms with Gasteiger partial charge in [0.25, 0.3) is 0 Å². The van der Waals surface area contributed by atoms with Crippen LogP contribution in [-0.4, -0.2) is 47.7 Å². The highest BCUT2D eigenvalue weighted by atomic mass is 16.3. The first-order valence-corrected chi connectivity index (χ1v) is 11.2. The zero-order chi connectivity index (χ0) is 19.8. The fourth-order valence-electron chi connectivity index (χ4n) is 4.50. The molecule has 5 nitrogen and oxygen atoms in total. The Kier molecular flexibility index (Phi) is 8.01. The minimum Gasteiger partial charge on any atom is -0.508 e. The average molecular weight is 387 g/mol. The van der Waals surface area contributed by atoms with Crippen molar-refractivity contribution in [3.8, 4) is 5.75 Å². The topological polar surface area (TPSA) is 59.9 Å². The third kappa shape index (κ3) is 6.40. The van der Waals surface area contributed by atoms with Crippen molar-refractivity contribution in [1.82, 2.24) is 10.2 Å². The van der Waals surface area contributed by atoms with Crippen molar-refractivity contribution in [2.24, 2.45) is 10.9 Å². The van der Waals surface area contributed by atoms with Gasteiger partial charge in [-0.25, -0.2) is 0 Å². The van der Waals surface area contributed by atoms with Gasteiger partial charge in [-0.05, 0) is 63.6 Å². The smallest absolute Gasteiger partial charge is 0.196 e. The molecule has 3 unspecified atom stereocenters. The number of hydrogen-bond acceptors (Lipinski definition) is 3. The number of aliphatic imine (C=N–C) groups is 1. The van der Waals surface area contributed by atoms with Crippen LogP contribution < -0.4 is 10.6 Å². The molecule has 1 aliphatic carbocycles. The summed E-state index contributed by atoms with van der Waals surface area (Å²) >= 11 is 0. The monoisotopic (exact) mass is 386 g/mol. The van der Waals surface area contributed by atoms with E-state index < -0.39 is 0 Å². The summed E-state index contributed by atoms with van der Waals surface area (Å²) in [6, 6.07) is 8.45. The van der Waals surface area contributed by atoms with Gasteiger partial charge in [0.05, 0.1) is 0 Å². The van der Waals surface area contributed by atoms with Crippen LogP contribution in [0.5, 0.6) is 5.75 Å². The van der Waals surface area contributed by atoms with Gasteiger partial charge in [-0.3, -0.25) is 4.99 Å². The Labute approximate surface area is 170 Å². The standard InChI is InChI=1S/C23H38N4O/c1-18-9-3-4-13-22(18)26-23(25-20-11-7-12-21(28)17-20)24-14-8-16-27-15-6-5-10-19(27)2/h7,11-12,17-19,22,28H,3-6,8-10,13-16H2,1-2H3,(H2,24,25,26). The minimum atomic E-state index is 0.273. The predicted molar refractivity (Wildman–Crippen MR) is 118 cm³/mol. The van der Waals surface area contributed by atoms with E-state index in [9.17, 15) is 5.11 Å². The van der Waals surface area contributed by atoms with Gasteiger partial charge in [0.1, 0.15) is 5.75 Å². The molecule has 0 bridgehead atoms. The van der Waals surface area contributed by atoms with Crippen molar-refractivity contribution in [3.63, 3.8) is 0 Å². The summed E-state index contributed by atoms with van der Waals surface area (Å²) in [6.07, 6.45) is 10.2. The lowest BCUT2D eigenvalue weighted by Gasteiger charge is -2.33. The molecule has 0 amide bonds. The minimum absolute atomic E-state index is 0.273. The highest BCUT2D eigenvalue weighted by Crippen LogP contribution is 2.24. The van der Waals surface area contributed by atoms with E-state index in [2.05, 4.69) is 29.4 Å². The van der Waals surface area contributed by atoms with Crippen LogP contribution in [0.2, 0.25) is 0 Å². The number of aromatic hydroxyl groups is 1. The number of rotatable bonds is 6. The number of piperidine rings is 1. The third-order valence-electron chi connectivity index (χ3n) is 6.36. The number of phenolic OH excluding ortho intramolecular Hbond substituents is 1. The lowest BCUT2D eigenvalue weighted by atomic mass is 9.86. The molecule has 1 aliphatic heterocycles. The first kappa shape index (κ1) is 21.0. The zero-order valence-electron chi connectivity index (χ0n) is 17.7. The van der Waals surface area contributed by atoms with Crippen LogP contribution in [0.15, 0.2) is 29.3 Å². The second-order valence-electron chi connectivity index (χ2n) is 8.65. The van der Waals surface area contributed by atoms with Gasteiger partial charge in [-0.15, -0.1) is 0 Å². The van der Waals surface area contributed by atoms with Crippen molar-refractivity contribution in [1.29, 1.82) is 0 Å². The summed E-state index contributed by atoms with van der Waals surface area (Å²) in [5.74, 6) is 1.78. The molecule has 1 aromatic rings. The van der Waals surface area contributed by atoms with E-state index in [1.165, 1.54) is 51.5 Å². The molecule has 0 aromatic heterocycles. The number of nitrogens with zero attached hydrogens (tertiary/aromatic N) is 2. The second kappa shape index (κ2) is 10.7. The molecule has 5 heteroatoms. The lowest BCUT2D eigenvalue weighted by Crippen LogP contribution is -2.44. The van der Waals surface area contributed by atoms with Gasteiger partial charge in [0.15, 0.2) is 5.96 Å². The molecule has 1 aromatic carbocycles. The largest absolute Gasteiger partial charge is 0.508 e. The van der Waals surface area contributed by atoms with Crippen molar-refractivity contribution in [3.05, 3.63) is 24.3 Å².